The van der Waals surface area contributed by atoms with Crippen LogP contribution in [0.4, 0.5) is 0 Å². The fourth-order valence-electron chi connectivity index (χ4n) is 7.09. The highest BCUT2D eigenvalue weighted by Gasteiger charge is 2.22. The Kier molecular flexibility index (Phi) is 50.4. The predicted molar refractivity (Wildman–Crippen MR) is 306 cm³/mol. The maximum absolute atomic E-state index is 12.9. The van der Waals surface area contributed by atoms with Crippen LogP contribution in [0.5, 0.6) is 0 Å². The number of quaternary nitrogens is 1. The van der Waals surface area contributed by atoms with Crippen LogP contribution in [0.15, 0.2) is 134 Å². The average Bonchev–Trinajstić information content (AvgIpc) is 3.36. The topological polar surface area (TPSA) is 111 Å². The van der Waals surface area contributed by atoms with Crippen molar-refractivity contribution in [3.05, 3.63) is 134 Å². The summed E-state index contributed by atoms with van der Waals surface area (Å²) >= 11 is 0. The zero-order valence-corrected chi connectivity index (χ0v) is 46.7. The molecule has 0 rings (SSSR count). The molecular formula is C64H103NO8. The first-order valence-corrected chi connectivity index (χ1v) is 28.3. The normalized spacial score (nSPS) is 13.8. The number of carbonyl (C=O) groups is 3. The molecule has 0 radical (unpaired) electrons. The van der Waals surface area contributed by atoms with E-state index in [4.69, 9.17) is 18.9 Å². The lowest BCUT2D eigenvalue weighted by atomic mass is 10.1. The fraction of sp³-hybridized carbons (Fsp3) is 0.609. The summed E-state index contributed by atoms with van der Waals surface area (Å²) in [7, 11) is 5.90. The Balaban J connectivity index is 4.38. The van der Waals surface area contributed by atoms with Gasteiger partial charge in [-0.2, -0.15) is 0 Å². The van der Waals surface area contributed by atoms with Crippen LogP contribution in [-0.4, -0.2) is 82.3 Å². The van der Waals surface area contributed by atoms with Crippen LogP contribution >= 0.6 is 0 Å². The first-order chi connectivity index (χ1) is 35.6. The Labute approximate surface area is 446 Å². The number of unbranched alkanes of at least 4 members (excludes halogenated alkanes) is 13. The highest BCUT2D eigenvalue weighted by Crippen LogP contribution is 2.13. The highest BCUT2D eigenvalue weighted by molar-refractivity contribution is 5.70. The van der Waals surface area contributed by atoms with Gasteiger partial charge in [0.15, 0.2) is 12.4 Å². The van der Waals surface area contributed by atoms with E-state index in [9.17, 15) is 19.5 Å². The maximum Gasteiger partial charge on any atom is 0.306 e. The van der Waals surface area contributed by atoms with Crippen molar-refractivity contribution in [2.75, 3.05) is 47.5 Å². The molecule has 9 nitrogen and oxygen atoms in total. The highest BCUT2D eigenvalue weighted by atomic mass is 16.7. The molecule has 73 heavy (non-hydrogen) atoms. The van der Waals surface area contributed by atoms with Crippen molar-refractivity contribution in [3.8, 4) is 0 Å². The zero-order chi connectivity index (χ0) is 53.4. The molecule has 0 N–H and O–H groups in total. The van der Waals surface area contributed by atoms with Crippen molar-refractivity contribution in [1.82, 2.24) is 0 Å². The summed E-state index contributed by atoms with van der Waals surface area (Å²) < 4.78 is 22.7. The van der Waals surface area contributed by atoms with Gasteiger partial charge in [-0.3, -0.25) is 9.59 Å². The lowest BCUT2D eigenvalue weighted by Gasteiger charge is -2.26. The first-order valence-electron chi connectivity index (χ1n) is 28.3. The number of hydrogen-bond acceptors (Lipinski definition) is 8. The van der Waals surface area contributed by atoms with Gasteiger partial charge in [-0.15, -0.1) is 0 Å². The van der Waals surface area contributed by atoms with Crippen LogP contribution in [0.2, 0.25) is 0 Å². The van der Waals surface area contributed by atoms with Crippen molar-refractivity contribution in [3.63, 3.8) is 0 Å². The van der Waals surface area contributed by atoms with Gasteiger partial charge >= 0.3 is 11.9 Å². The second-order valence-electron chi connectivity index (χ2n) is 19.5. The minimum Gasteiger partial charge on any atom is -0.545 e. The third kappa shape index (κ3) is 55.0. The van der Waals surface area contributed by atoms with Gasteiger partial charge < -0.3 is 33.3 Å². The van der Waals surface area contributed by atoms with E-state index >= 15 is 0 Å². The van der Waals surface area contributed by atoms with Gasteiger partial charge in [0.25, 0.3) is 0 Å². The Bertz CT molecular complexity index is 1650. The Hall–Kier alpha value is -4.57. The molecule has 0 spiro atoms. The number of nitrogens with zero attached hydrogens (tertiary/aromatic N) is 1. The molecule has 0 heterocycles. The summed E-state index contributed by atoms with van der Waals surface area (Å²) in [5.41, 5.74) is 0. The minimum atomic E-state index is -1.64. The van der Waals surface area contributed by atoms with Crippen molar-refractivity contribution in [2.45, 2.75) is 206 Å². The number of aliphatic carboxylic acids is 1. The molecule has 0 aliphatic carbocycles. The molecule has 0 saturated heterocycles. The second-order valence-corrected chi connectivity index (χ2v) is 19.5. The summed E-state index contributed by atoms with van der Waals surface area (Å²) in [5, 5.41) is 11.8. The maximum atomic E-state index is 12.9. The van der Waals surface area contributed by atoms with E-state index in [1.54, 1.807) is 0 Å². The van der Waals surface area contributed by atoms with Gasteiger partial charge in [-0.25, -0.2) is 0 Å². The number of likely N-dealkylation sites (N-methyl/N-ethyl adjacent to an activating group) is 1. The summed E-state index contributed by atoms with van der Waals surface area (Å²) in [5.74, 6) is -2.34. The molecule has 0 aromatic heterocycles. The summed E-state index contributed by atoms with van der Waals surface area (Å²) in [6.07, 6.45) is 73.4. The molecule has 0 saturated carbocycles. The predicted octanol–water partition coefficient (Wildman–Crippen LogP) is 15.3. The van der Waals surface area contributed by atoms with Crippen molar-refractivity contribution in [1.29, 1.82) is 0 Å². The van der Waals surface area contributed by atoms with Gasteiger partial charge in [0.2, 0.25) is 0 Å². The van der Waals surface area contributed by atoms with E-state index in [1.807, 2.05) is 21.1 Å². The molecule has 9 heteroatoms. The van der Waals surface area contributed by atoms with Crippen LogP contribution in [0.3, 0.4) is 0 Å². The summed E-state index contributed by atoms with van der Waals surface area (Å²) in [6, 6.07) is 0. The molecule has 0 bridgehead atoms. The van der Waals surface area contributed by atoms with Crippen LogP contribution in [0.25, 0.3) is 0 Å². The van der Waals surface area contributed by atoms with Gasteiger partial charge in [-0.05, 0) is 109 Å². The van der Waals surface area contributed by atoms with E-state index in [0.29, 0.717) is 17.4 Å². The van der Waals surface area contributed by atoms with Gasteiger partial charge in [-0.1, -0.05) is 205 Å². The Morgan fingerprint density at radius 3 is 1.10 bits per heavy atom. The standard InChI is InChI=1S/C64H103NO8/c1-6-8-10-12-14-16-18-20-22-24-26-28-29-30-31-32-33-35-37-39-41-43-45-47-49-51-53-55-62(67)73-60(59-72-64(63(68)69)70-57-56-65(3,4)5)58-71-61(66)54-52-50-48-46-44-42-40-38-36-34-27-25-23-21-19-17-15-13-11-9-7-2/h8-11,14-17,20-23,26-28,30-31,33-35,39,41,60,64H,6-7,12-13,18-19,24-25,29,32,36-38,40,42-59H2,1-5H3/b10-8-,11-9-,16-14-,17-15-,22-20-,23-21-,28-26-,31-30-,34-27-,35-33-,41-39-. The molecule has 0 aliphatic heterocycles. The monoisotopic (exact) mass is 1010 g/mol. The van der Waals surface area contributed by atoms with Crippen LogP contribution in [0.1, 0.15) is 194 Å². The van der Waals surface area contributed by atoms with Gasteiger partial charge in [0, 0.05) is 12.8 Å². The Morgan fingerprint density at radius 2 is 0.740 bits per heavy atom. The van der Waals surface area contributed by atoms with Crippen LogP contribution < -0.4 is 5.11 Å². The smallest absolute Gasteiger partial charge is 0.306 e. The number of carboxylic acids is 1. The molecular weight excluding hydrogens is 911 g/mol. The Morgan fingerprint density at radius 1 is 0.411 bits per heavy atom. The van der Waals surface area contributed by atoms with E-state index in [-0.39, 0.29) is 38.6 Å². The quantitative estimate of drug-likeness (QED) is 0.0195. The molecule has 0 amide bonds. The number of ether oxygens (including phenoxy) is 4. The van der Waals surface area contributed by atoms with Crippen LogP contribution in [-0.2, 0) is 33.3 Å². The number of allylic oxidation sites excluding steroid dienone is 22. The molecule has 412 valence electrons. The fourth-order valence-corrected chi connectivity index (χ4v) is 7.09. The largest absolute Gasteiger partial charge is 0.545 e. The number of rotatable bonds is 50. The number of carbonyl (C=O) groups excluding carboxylic acids is 3. The molecule has 0 aromatic rings. The van der Waals surface area contributed by atoms with E-state index < -0.39 is 24.3 Å². The van der Waals surface area contributed by atoms with E-state index in [1.165, 1.54) is 25.7 Å². The van der Waals surface area contributed by atoms with Crippen molar-refractivity contribution < 1.29 is 42.9 Å². The first kappa shape index (κ1) is 68.4. The molecule has 0 fully saturated rings. The van der Waals surface area contributed by atoms with Crippen molar-refractivity contribution >= 4 is 17.9 Å². The lowest BCUT2D eigenvalue weighted by molar-refractivity contribution is -0.870. The van der Waals surface area contributed by atoms with E-state index in [0.717, 1.165) is 135 Å². The number of esters is 2. The molecule has 0 aliphatic rings. The van der Waals surface area contributed by atoms with Gasteiger partial charge in [0.05, 0.1) is 40.3 Å². The summed E-state index contributed by atoms with van der Waals surface area (Å²) in [4.78, 5) is 37.3. The van der Waals surface area contributed by atoms with Gasteiger partial charge in [0.1, 0.15) is 13.2 Å². The number of hydrogen-bond donors (Lipinski definition) is 0. The second kappa shape index (κ2) is 53.7. The van der Waals surface area contributed by atoms with Crippen molar-refractivity contribution in [2.24, 2.45) is 0 Å². The number of carboxylic acid groups (broad SMARTS) is 1. The van der Waals surface area contributed by atoms with Crippen LogP contribution in [0, 0.1) is 0 Å². The third-order valence-corrected chi connectivity index (χ3v) is 11.4. The molecule has 0 aromatic carbocycles. The molecule has 2 atom stereocenters. The lowest BCUT2D eigenvalue weighted by Crippen LogP contribution is -2.44. The van der Waals surface area contributed by atoms with E-state index in [2.05, 4.69) is 148 Å². The third-order valence-electron chi connectivity index (χ3n) is 11.4. The summed E-state index contributed by atoms with van der Waals surface area (Å²) in [6.45, 7) is 4.46. The average molecular weight is 1010 g/mol. The SMILES string of the molecule is CC/C=C\C/C=C\C/C=C\C/C=C\C/C=C\C/C=C\C/C=C\CCCCCCCC(=O)OC(COC(=O)CCCCCCCCCC/C=C\C/C=C\C/C=C\C/C=C\CC)COC(OCC[N+](C)(C)C)C(=O)[O-]. The minimum absolute atomic E-state index is 0.134. The molecule has 2 unspecified atom stereocenters. The zero-order valence-electron chi connectivity index (χ0n) is 46.7.